The van der Waals surface area contributed by atoms with Gasteiger partial charge in [0.2, 0.25) is 0 Å². The van der Waals surface area contributed by atoms with E-state index >= 15 is 0 Å². The minimum absolute atomic E-state index is 0. The van der Waals surface area contributed by atoms with Gasteiger partial charge in [-0.1, -0.05) is 0 Å². The molecule has 8 nitrogen and oxygen atoms in total. The maximum absolute atomic E-state index is 9.45. The van der Waals surface area contributed by atoms with E-state index in [1.54, 1.807) is 0 Å². The van der Waals surface area contributed by atoms with Crippen LogP contribution >= 0.6 is 0 Å². The van der Waals surface area contributed by atoms with Gasteiger partial charge in [0.05, 0.1) is 23.3 Å². The number of pyridine rings is 1. The average molecular weight is 361 g/mol. The first-order chi connectivity index (χ1) is 11.8. The number of rotatable bonds is 3. The Bertz CT molecular complexity index is 912. The molecule has 1 atom stereocenters. The molecule has 0 saturated carbocycles. The Morgan fingerprint density at radius 3 is 2.38 bits per heavy atom. The Balaban J connectivity index is 0.000000422. The molecule has 1 heterocycles. The number of hydrogen-bond acceptors (Lipinski definition) is 6. The fourth-order valence-corrected chi connectivity index (χ4v) is 2.23. The fraction of sp³-hybridized carbons (Fsp3) is 0.222. The lowest BCUT2D eigenvalue weighted by Crippen LogP contribution is -2.13. The lowest BCUT2D eigenvalue weighted by atomic mass is 10.1. The van der Waals surface area contributed by atoms with Crippen molar-refractivity contribution in [3.63, 3.8) is 0 Å². The summed E-state index contributed by atoms with van der Waals surface area (Å²) in [7, 11) is 0. The number of hydrogen-bond donors (Lipinski definition) is 4. The molecule has 1 aromatic heterocycles. The zero-order valence-corrected chi connectivity index (χ0v) is 14.6. The molecule has 8 N–H and O–H groups in total. The molecular formula is C18H23N3O5. The van der Waals surface area contributed by atoms with Crippen molar-refractivity contribution < 1.29 is 25.2 Å². The van der Waals surface area contributed by atoms with E-state index in [1.807, 2.05) is 43.3 Å². The van der Waals surface area contributed by atoms with Crippen molar-refractivity contribution in [2.24, 2.45) is 0 Å². The number of carboxylic acid groups (broad SMARTS) is 1. The number of aliphatic carboxylic acids is 1. The molecule has 3 rings (SSSR count). The van der Waals surface area contributed by atoms with Crippen LogP contribution in [0.5, 0.6) is 5.75 Å². The smallest absolute Gasteiger partial charge is 0.332 e. The van der Waals surface area contributed by atoms with Gasteiger partial charge in [0, 0.05) is 16.5 Å². The lowest BCUT2D eigenvalue weighted by Gasteiger charge is -2.09. The molecule has 0 spiro atoms. The van der Waals surface area contributed by atoms with Crippen molar-refractivity contribution in [1.29, 1.82) is 0 Å². The van der Waals surface area contributed by atoms with Crippen molar-refractivity contribution in [1.82, 2.24) is 4.98 Å². The summed E-state index contributed by atoms with van der Waals surface area (Å²) in [6.07, 6.45) is -1.23. The number of nitrogens with zero attached hydrogens (tertiary/aromatic N) is 1. The largest absolute Gasteiger partial charge is 0.494 e. The molecule has 3 aromatic rings. The summed E-state index contributed by atoms with van der Waals surface area (Å²) in [6.45, 7) is 3.78. The van der Waals surface area contributed by atoms with Gasteiger partial charge < -0.3 is 31.9 Å². The number of aliphatic hydroxyl groups is 1. The van der Waals surface area contributed by atoms with Crippen LogP contribution in [-0.4, -0.2) is 39.4 Å². The summed E-state index contributed by atoms with van der Waals surface area (Å²) in [5.74, 6) is -0.381. The molecule has 0 radical (unpaired) electrons. The van der Waals surface area contributed by atoms with Crippen molar-refractivity contribution in [3.8, 4) is 5.75 Å². The quantitative estimate of drug-likeness (QED) is 0.406. The van der Waals surface area contributed by atoms with E-state index in [0.29, 0.717) is 18.0 Å². The van der Waals surface area contributed by atoms with Crippen LogP contribution in [0.25, 0.3) is 21.8 Å². The Labute approximate surface area is 150 Å². The van der Waals surface area contributed by atoms with Crippen LogP contribution in [0.2, 0.25) is 0 Å². The zero-order valence-electron chi connectivity index (χ0n) is 14.6. The Kier molecular flexibility index (Phi) is 7.12. The van der Waals surface area contributed by atoms with E-state index in [4.69, 9.17) is 26.4 Å². The maximum atomic E-state index is 9.45. The summed E-state index contributed by atoms with van der Waals surface area (Å²) >= 11 is 0. The maximum Gasteiger partial charge on any atom is 0.332 e. The van der Waals surface area contributed by atoms with Gasteiger partial charge in [0.1, 0.15) is 11.9 Å². The molecular weight excluding hydrogens is 338 g/mol. The summed E-state index contributed by atoms with van der Waals surface area (Å²) in [6, 6.07) is 11.3. The van der Waals surface area contributed by atoms with Crippen LogP contribution in [0.4, 0.5) is 11.4 Å². The highest BCUT2D eigenvalue weighted by Gasteiger charge is 2.08. The predicted molar refractivity (Wildman–Crippen MR) is 102 cm³/mol. The topological polar surface area (TPSA) is 163 Å². The molecule has 26 heavy (non-hydrogen) atoms. The summed E-state index contributed by atoms with van der Waals surface area (Å²) in [4.78, 5) is 14.0. The number of fused-ring (bicyclic) bond motifs is 2. The van der Waals surface area contributed by atoms with E-state index < -0.39 is 12.1 Å². The van der Waals surface area contributed by atoms with Gasteiger partial charge in [-0.05, 0) is 50.2 Å². The molecule has 0 amide bonds. The molecule has 0 bridgehead atoms. The molecule has 1 unspecified atom stereocenters. The number of ether oxygens (including phenoxy) is 1. The van der Waals surface area contributed by atoms with E-state index in [1.165, 1.54) is 6.92 Å². The van der Waals surface area contributed by atoms with Crippen LogP contribution in [0.15, 0.2) is 36.4 Å². The Morgan fingerprint density at radius 1 is 1.15 bits per heavy atom. The molecule has 0 aliphatic heterocycles. The number of aliphatic hydroxyl groups excluding tert-OH is 1. The van der Waals surface area contributed by atoms with Gasteiger partial charge in [0.15, 0.2) is 0 Å². The third-order valence-corrected chi connectivity index (χ3v) is 3.48. The first-order valence-electron chi connectivity index (χ1n) is 7.75. The van der Waals surface area contributed by atoms with E-state index in [2.05, 4.69) is 4.98 Å². The van der Waals surface area contributed by atoms with E-state index in [-0.39, 0.29) is 5.48 Å². The van der Waals surface area contributed by atoms with Crippen LogP contribution in [0, 0.1) is 0 Å². The molecule has 0 aliphatic rings. The second-order valence-electron chi connectivity index (χ2n) is 5.43. The second kappa shape index (κ2) is 8.84. The normalized spacial score (nSPS) is 11.2. The molecule has 0 fully saturated rings. The molecule has 0 aliphatic carbocycles. The summed E-state index contributed by atoms with van der Waals surface area (Å²) in [5.41, 5.74) is 15.1. The minimum Gasteiger partial charge on any atom is -0.494 e. The highest BCUT2D eigenvalue weighted by molar-refractivity contribution is 6.07. The number of carbonyl (C=O) groups is 1. The SMILES string of the molecule is CC(O)C(=O)O.CCOc1ccc2nc3cc(N)ccc3c(N)c2c1.O. The molecule has 0 saturated heterocycles. The number of aromatic nitrogens is 1. The van der Waals surface area contributed by atoms with Gasteiger partial charge in [-0.3, -0.25) is 0 Å². The van der Waals surface area contributed by atoms with Gasteiger partial charge >= 0.3 is 5.97 Å². The third-order valence-electron chi connectivity index (χ3n) is 3.48. The van der Waals surface area contributed by atoms with Crippen molar-refractivity contribution in [2.45, 2.75) is 20.0 Å². The number of anilines is 2. The highest BCUT2D eigenvalue weighted by Crippen LogP contribution is 2.31. The minimum atomic E-state index is -1.23. The van der Waals surface area contributed by atoms with E-state index in [9.17, 15) is 4.79 Å². The van der Waals surface area contributed by atoms with Crippen LogP contribution in [-0.2, 0) is 4.79 Å². The monoisotopic (exact) mass is 361 g/mol. The standard InChI is InChI=1S/C15H15N3O.C3H6O3.H2O/c1-2-19-10-4-6-13-12(8-10)15(17)11-5-3-9(16)7-14(11)18-13;1-2(4)3(5)6;/h3-8H,2,16H2,1H3,(H2,17,18);2,4H,1H3,(H,5,6);1H2. The predicted octanol–water partition coefficient (Wildman–Crippen LogP) is 1.58. The van der Waals surface area contributed by atoms with Gasteiger partial charge in [-0.15, -0.1) is 0 Å². The number of carboxylic acids is 1. The Hall–Kier alpha value is -3.10. The summed E-state index contributed by atoms with van der Waals surface area (Å²) in [5, 5.41) is 17.6. The second-order valence-corrected chi connectivity index (χ2v) is 5.43. The number of nitrogens with two attached hydrogens (primary N) is 2. The van der Waals surface area contributed by atoms with Crippen LogP contribution < -0.4 is 16.2 Å². The van der Waals surface area contributed by atoms with Gasteiger partial charge in [-0.2, -0.15) is 0 Å². The molecule has 140 valence electrons. The first kappa shape index (κ1) is 20.9. The number of benzene rings is 2. The van der Waals surface area contributed by atoms with Crippen molar-refractivity contribution >= 4 is 39.1 Å². The molecule has 8 heteroatoms. The van der Waals surface area contributed by atoms with Gasteiger partial charge in [-0.25, -0.2) is 9.78 Å². The highest BCUT2D eigenvalue weighted by atomic mass is 16.5. The fourth-order valence-electron chi connectivity index (χ4n) is 2.23. The number of nitrogen functional groups attached to an aromatic ring is 2. The first-order valence-corrected chi connectivity index (χ1v) is 7.75. The van der Waals surface area contributed by atoms with Crippen LogP contribution in [0.3, 0.4) is 0 Å². The van der Waals surface area contributed by atoms with Crippen molar-refractivity contribution in [2.75, 3.05) is 18.1 Å². The lowest BCUT2D eigenvalue weighted by molar-refractivity contribution is -0.145. The van der Waals surface area contributed by atoms with Gasteiger partial charge in [0.25, 0.3) is 0 Å². The van der Waals surface area contributed by atoms with Crippen LogP contribution in [0.1, 0.15) is 13.8 Å². The van der Waals surface area contributed by atoms with E-state index in [0.717, 1.165) is 27.6 Å². The molecule has 2 aromatic carbocycles. The summed E-state index contributed by atoms with van der Waals surface area (Å²) < 4.78 is 5.50. The third kappa shape index (κ3) is 4.71. The average Bonchev–Trinajstić information content (AvgIpc) is 2.56. The Morgan fingerprint density at radius 2 is 1.81 bits per heavy atom. The van der Waals surface area contributed by atoms with Crippen molar-refractivity contribution in [3.05, 3.63) is 36.4 Å². The zero-order chi connectivity index (χ0) is 18.6.